The van der Waals surface area contributed by atoms with Gasteiger partial charge in [-0.3, -0.25) is 14.3 Å². The number of halogens is 2. The van der Waals surface area contributed by atoms with Crippen LogP contribution < -0.4 is 10.3 Å². The Kier molecular flexibility index (Phi) is 5.76. The summed E-state index contributed by atoms with van der Waals surface area (Å²) in [5, 5.41) is 1.44. The van der Waals surface area contributed by atoms with Crippen molar-refractivity contribution in [2.75, 3.05) is 26.0 Å². The molecule has 1 aromatic carbocycles. The monoisotopic (exact) mass is 495 g/mol. The highest BCUT2D eigenvalue weighted by atomic mass is 35.5. The lowest BCUT2D eigenvalue weighted by Crippen LogP contribution is -2.30. The first-order chi connectivity index (χ1) is 14.9. The Labute approximate surface area is 199 Å². The summed E-state index contributed by atoms with van der Waals surface area (Å²) in [6.07, 6.45) is 1.66. The van der Waals surface area contributed by atoms with Gasteiger partial charge in [-0.05, 0) is 37.1 Å². The smallest absolute Gasteiger partial charge is 0.267 e. The van der Waals surface area contributed by atoms with Crippen LogP contribution in [0, 0.1) is 5.92 Å². The number of methoxy groups -OCH3 is 1. The van der Waals surface area contributed by atoms with Gasteiger partial charge in [-0.15, -0.1) is 34.5 Å². The van der Waals surface area contributed by atoms with Crippen molar-refractivity contribution in [3.05, 3.63) is 45.1 Å². The quantitative estimate of drug-likeness (QED) is 0.269. The van der Waals surface area contributed by atoms with Crippen LogP contribution in [0.25, 0.3) is 15.9 Å². The number of benzene rings is 1. The van der Waals surface area contributed by atoms with E-state index in [0.717, 1.165) is 59.7 Å². The summed E-state index contributed by atoms with van der Waals surface area (Å²) in [6, 6.07) is 7.56. The highest BCUT2D eigenvalue weighted by Gasteiger charge is 2.51. The molecule has 0 spiro atoms. The fourth-order valence-corrected chi connectivity index (χ4v) is 7.29. The zero-order valence-corrected chi connectivity index (χ0v) is 20.5. The molecule has 0 saturated heterocycles. The minimum Gasteiger partial charge on any atom is -0.497 e. The molecule has 31 heavy (non-hydrogen) atoms. The van der Waals surface area contributed by atoms with Gasteiger partial charge in [0, 0.05) is 35.7 Å². The number of thiophene rings is 1. The largest absolute Gasteiger partial charge is 0.497 e. The number of rotatable bonds is 6. The fraction of sp³-hybridized carbons (Fsp3) is 0.455. The molecular formula is C22H23Cl2N3O2S2. The number of nitrogens with zero attached hydrogens (tertiary/aromatic N) is 3. The predicted octanol–water partition coefficient (Wildman–Crippen LogP) is 5.12. The molecule has 1 unspecified atom stereocenters. The first-order valence-electron chi connectivity index (χ1n) is 10.4. The number of ether oxygens (including phenoxy) is 1. The van der Waals surface area contributed by atoms with Crippen molar-refractivity contribution in [1.82, 2.24) is 14.5 Å². The number of thioether (sulfide) groups is 1. The summed E-state index contributed by atoms with van der Waals surface area (Å²) in [5.74, 6) is 1.64. The summed E-state index contributed by atoms with van der Waals surface area (Å²) in [4.78, 5) is 23.3. The molecule has 1 aliphatic carbocycles. The van der Waals surface area contributed by atoms with Crippen molar-refractivity contribution < 1.29 is 4.74 Å². The van der Waals surface area contributed by atoms with Gasteiger partial charge in [0.1, 0.15) is 14.9 Å². The van der Waals surface area contributed by atoms with E-state index in [1.54, 1.807) is 34.8 Å². The van der Waals surface area contributed by atoms with Crippen LogP contribution in [0.4, 0.5) is 0 Å². The zero-order chi connectivity index (χ0) is 21.8. The topological polar surface area (TPSA) is 47.4 Å². The van der Waals surface area contributed by atoms with E-state index in [4.69, 9.17) is 32.9 Å². The molecule has 164 valence electrons. The van der Waals surface area contributed by atoms with Gasteiger partial charge in [0.25, 0.3) is 5.56 Å². The number of hydrogen-bond donors (Lipinski definition) is 0. The molecule has 5 rings (SSSR count). The number of fused-ring (bicyclic) bond motifs is 3. The van der Waals surface area contributed by atoms with Gasteiger partial charge in [-0.2, -0.15) is 0 Å². The molecule has 2 aliphatic rings. The SMILES string of the molecule is CCN1CCc2c(sc3nc(SCC4CC4(Cl)Cl)n(-c4cccc(OC)c4)c(=O)c23)C1. The highest BCUT2D eigenvalue weighted by Crippen LogP contribution is 2.54. The molecule has 5 nitrogen and oxygen atoms in total. The van der Waals surface area contributed by atoms with E-state index in [9.17, 15) is 4.79 Å². The van der Waals surface area contributed by atoms with E-state index in [-0.39, 0.29) is 11.5 Å². The van der Waals surface area contributed by atoms with Gasteiger partial charge in [0.2, 0.25) is 0 Å². The van der Waals surface area contributed by atoms with E-state index in [1.807, 2.05) is 24.3 Å². The molecule has 1 saturated carbocycles. The van der Waals surface area contributed by atoms with Crippen LogP contribution in [0.5, 0.6) is 5.75 Å². The lowest BCUT2D eigenvalue weighted by molar-refractivity contribution is 0.272. The van der Waals surface area contributed by atoms with Crippen LogP contribution >= 0.6 is 46.3 Å². The fourth-order valence-electron chi connectivity index (χ4n) is 4.05. The van der Waals surface area contributed by atoms with Crippen LogP contribution in [-0.2, 0) is 13.0 Å². The normalized spacial score (nSPS) is 20.1. The maximum atomic E-state index is 13.8. The molecule has 3 aromatic rings. The summed E-state index contributed by atoms with van der Waals surface area (Å²) in [5.41, 5.74) is 1.91. The van der Waals surface area contributed by atoms with Gasteiger partial charge in [0.05, 0.1) is 18.2 Å². The second kappa shape index (κ2) is 8.27. The minimum atomic E-state index is -0.649. The van der Waals surface area contributed by atoms with Crippen LogP contribution in [0.2, 0.25) is 0 Å². The van der Waals surface area contributed by atoms with Crippen LogP contribution in [0.1, 0.15) is 23.8 Å². The molecule has 9 heteroatoms. The van der Waals surface area contributed by atoms with Crippen molar-refractivity contribution in [2.24, 2.45) is 5.92 Å². The van der Waals surface area contributed by atoms with E-state index >= 15 is 0 Å². The number of likely N-dealkylation sites (N-methyl/N-ethyl adjacent to an activating group) is 1. The zero-order valence-electron chi connectivity index (χ0n) is 17.4. The number of aromatic nitrogens is 2. The maximum absolute atomic E-state index is 13.8. The number of alkyl halides is 2. The van der Waals surface area contributed by atoms with Gasteiger partial charge in [-0.1, -0.05) is 24.8 Å². The highest BCUT2D eigenvalue weighted by molar-refractivity contribution is 7.99. The van der Waals surface area contributed by atoms with E-state index in [2.05, 4.69) is 11.8 Å². The minimum absolute atomic E-state index is 0.0120. The Hall–Kier alpha value is -1.25. The maximum Gasteiger partial charge on any atom is 0.267 e. The molecule has 2 aromatic heterocycles. The summed E-state index contributed by atoms with van der Waals surface area (Å²) in [6.45, 7) is 5.04. The average Bonchev–Trinajstić information content (AvgIpc) is 3.21. The Morgan fingerprint density at radius 2 is 2.19 bits per heavy atom. The Morgan fingerprint density at radius 1 is 1.39 bits per heavy atom. The standard InChI is InChI=1S/C22H23Cl2N3O2S2/c1-3-26-8-7-16-17(11-26)31-19-18(16)20(28)27(14-5-4-6-15(9-14)29-2)21(25-19)30-12-13-10-22(13,23)24/h4-6,9,13H,3,7-8,10-12H2,1-2H3. The molecule has 0 radical (unpaired) electrons. The van der Waals surface area contributed by atoms with Gasteiger partial charge < -0.3 is 4.74 Å². The molecule has 3 heterocycles. The van der Waals surface area contributed by atoms with Crippen LogP contribution in [0.15, 0.2) is 34.2 Å². The lowest BCUT2D eigenvalue weighted by atomic mass is 10.1. The summed E-state index contributed by atoms with van der Waals surface area (Å²) in [7, 11) is 1.63. The van der Waals surface area contributed by atoms with Crippen molar-refractivity contribution >= 4 is 56.5 Å². The molecule has 0 amide bonds. The molecule has 0 N–H and O–H groups in total. The average molecular weight is 496 g/mol. The van der Waals surface area contributed by atoms with Crippen LogP contribution in [-0.4, -0.2) is 44.7 Å². The van der Waals surface area contributed by atoms with Crippen molar-refractivity contribution in [3.8, 4) is 11.4 Å². The van der Waals surface area contributed by atoms with Gasteiger partial charge >= 0.3 is 0 Å². The summed E-state index contributed by atoms with van der Waals surface area (Å²) >= 11 is 15.7. The molecule has 1 fully saturated rings. The van der Waals surface area contributed by atoms with Crippen LogP contribution in [0.3, 0.4) is 0 Å². The summed E-state index contributed by atoms with van der Waals surface area (Å²) < 4.78 is 6.47. The second-order valence-electron chi connectivity index (χ2n) is 8.01. The van der Waals surface area contributed by atoms with E-state index in [1.165, 1.54) is 4.88 Å². The molecule has 1 atom stereocenters. The van der Waals surface area contributed by atoms with Crippen molar-refractivity contribution in [2.45, 2.75) is 35.8 Å². The molecule has 1 aliphatic heterocycles. The Bertz CT molecular complexity index is 1210. The molecular weight excluding hydrogens is 473 g/mol. The first kappa shape index (κ1) is 21.6. The van der Waals surface area contributed by atoms with E-state index in [0.29, 0.717) is 10.9 Å². The third-order valence-electron chi connectivity index (χ3n) is 6.05. The lowest BCUT2D eigenvalue weighted by Gasteiger charge is -2.25. The third kappa shape index (κ3) is 4.00. The van der Waals surface area contributed by atoms with Crippen molar-refractivity contribution in [3.63, 3.8) is 0 Å². The Balaban J connectivity index is 1.64. The number of hydrogen-bond acceptors (Lipinski definition) is 6. The Morgan fingerprint density at radius 3 is 2.90 bits per heavy atom. The first-order valence-corrected chi connectivity index (χ1v) is 12.9. The van der Waals surface area contributed by atoms with Crippen molar-refractivity contribution in [1.29, 1.82) is 0 Å². The third-order valence-corrected chi connectivity index (χ3v) is 9.19. The van der Waals surface area contributed by atoms with Gasteiger partial charge in [-0.25, -0.2) is 4.98 Å². The molecule has 0 bridgehead atoms. The second-order valence-corrected chi connectivity index (χ2v) is 11.6. The predicted molar refractivity (Wildman–Crippen MR) is 130 cm³/mol. The van der Waals surface area contributed by atoms with E-state index < -0.39 is 4.33 Å². The van der Waals surface area contributed by atoms with Gasteiger partial charge in [0.15, 0.2) is 5.16 Å².